The molecular weight excluding hydrogens is 436 g/mol. The summed E-state index contributed by atoms with van der Waals surface area (Å²) in [5.41, 5.74) is 2.19. The van der Waals surface area contributed by atoms with Crippen molar-refractivity contribution in [2.24, 2.45) is 5.14 Å². The van der Waals surface area contributed by atoms with Crippen LogP contribution in [0, 0.1) is 0 Å². The number of benzene rings is 2. The molecule has 8 nitrogen and oxygen atoms in total. The van der Waals surface area contributed by atoms with Crippen LogP contribution in [-0.2, 0) is 27.7 Å². The molecule has 0 aliphatic rings. The van der Waals surface area contributed by atoms with E-state index in [0.717, 1.165) is 11.3 Å². The van der Waals surface area contributed by atoms with Gasteiger partial charge in [-0.2, -0.15) is 0 Å². The molecule has 0 bridgehead atoms. The summed E-state index contributed by atoms with van der Waals surface area (Å²) in [5, 5.41) is 13.0. The molecule has 162 valence electrons. The monoisotopic (exact) mass is 458 g/mol. The van der Waals surface area contributed by atoms with Crippen molar-refractivity contribution in [1.29, 1.82) is 0 Å². The van der Waals surface area contributed by atoms with Gasteiger partial charge in [-0.3, -0.25) is 14.9 Å². The molecule has 10 heteroatoms. The number of nitrogens with one attached hydrogen (secondary N) is 2. The summed E-state index contributed by atoms with van der Waals surface area (Å²) >= 11 is 1.32. The number of carbonyl (C=O) groups excluding carboxylic acids is 2. The van der Waals surface area contributed by atoms with E-state index in [4.69, 9.17) is 5.14 Å². The second kappa shape index (κ2) is 10.3. The van der Waals surface area contributed by atoms with E-state index in [-0.39, 0.29) is 23.1 Å². The van der Waals surface area contributed by atoms with E-state index < -0.39 is 10.0 Å². The maximum atomic E-state index is 12.1. The zero-order valence-corrected chi connectivity index (χ0v) is 18.2. The van der Waals surface area contributed by atoms with Crippen LogP contribution in [-0.4, -0.2) is 31.8 Å². The van der Waals surface area contributed by atoms with Crippen molar-refractivity contribution < 1.29 is 18.0 Å². The number of carbonyl (C=O) groups is 2. The van der Waals surface area contributed by atoms with E-state index in [9.17, 15) is 18.0 Å². The van der Waals surface area contributed by atoms with Crippen LogP contribution in [0.3, 0.4) is 0 Å². The smallest absolute Gasteiger partial charge is 0.257 e. The molecule has 2 aromatic carbocycles. The number of hydrogen-bond donors (Lipinski definition) is 3. The molecule has 0 fully saturated rings. The van der Waals surface area contributed by atoms with Crippen LogP contribution in [0.25, 0.3) is 0 Å². The molecule has 0 spiro atoms. The molecule has 3 rings (SSSR count). The lowest BCUT2D eigenvalue weighted by Gasteiger charge is -2.06. The topological polar surface area (TPSA) is 131 Å². The molecule has 0 radical (unpaired) electrons. The van der Waals surface area contributed by atoms with Gasteiger partial charge >= 0.3 is 0 Å². The van der Waals surface area contributed by atoms with Crippen molar-refractivity contribution in [2.45, 2.75) is 24.2 Å². The van der Waals surface area contributed by atoms with Gasteiger partial charge in [0.15, 0.2) is 5.13 Å². The molecule has 0 saturated heterocycles. The third-order valence-corrected chi connectivity index (χ3v) is 6.14. The zero-order valence-electron chi connectivity index (χ0n) is 16.6. The minimum absolute atomic E-state index is 0.0582. The van der Waals surface area contributed by atoms with Crippen LogP contribution in [0.1, 0.15) is 28.0 Å². The highest BCUT2D eigenvalue weighted by molar-refractivity contribution is 7.89. The number of rotatable bonds is 9. The number of anilines is 1. The van der Waals surface area contributed by atoms with Crippen molar-refractivity contribution in [2.75, 3.05) is 11.9 Å². The number of thiazole rings is 1. The second-order valence-corrected chi connectivity index (χ2v) is 9.17. The number of nitrogens with zero attached hydrogens (tertiary/aromatic N) is 1. The predicted octanol–water partition coefficient (Wildman–Crippen LogP) is 2.33. The van der Waals surface area contributed by atoms with Gasteiger partial charge < -0.3 is 5.32 Å². The summed E-state index contributed by atoms with van der Waals surface area (Å²) in [5.74, 6) is -0.333. The Labute approximate surface area is 184 Å². The van der Waals surface area contributed by atoms with Crippen LogP contribution < -0.4 is 15.8 Å². The predicted molar refractivity (Wildman–Crippen MR) is 119 cm³/mol. The standard InChI is InChI=1S/C21H22N4O4S2/c22-31(28,29)18-9-6-15(7-10-18)12-13-23-19(26)11-8-17-14-30-21(24-17)25-20(27)16-4-2-1-3-5-16/h1-7,9-10,14H,8,11-13H2,(H,23,26)(H2,22,28,29)(H,24,25,27). The van der Waals surface area contributed by atoms with E-state index in [1.54, 1.807) is 36.4 Å². The first-order chi connectivity index (χ1) is 14.8. The van der Waals surface area contributed by atoms with E-state index in [1.807, 2.05) is 11.4 Å². The molecule has 0 saturated carbocycles. The summed E-state index contributed by atoms with van der Waals surface area (Å²) in [6, 6.07) is 15.1. The first kappa shape index (κ1) is 22.6. The van der Waals surface area contributed by atoms with Gasteiger partial charge in [-0.1, -0.05) is 30.3 Å². The minimum atomic E-state index is -3.70. The molecule has 1 aromatic heterocycles. The van der Waals surface area contributed by atoms with E-state index in [0.29, 0.717) is 30.1 Å². The molecule has 0 aliphatic carbocycles. The minimum Gasteiger partial charge on any atom is -0.356 e. The Morgan fingerprint density at radius 1 is 1.00 bits per heavy atom. The van der Waals surface area contributed by atoms with Crippen molar-refractivity contribution in [3.63, 3.8) is 0 Å². The zero-order chi connectivity index (χ0) is 22.3. The van der Waals surface area contributed by atoms with Crippen molar-refractivity contribution in [3.8, 4) is 0 Å². The van der Waals surface area contributed by atoms with Gasteiger partial charge in [-0.05, 0) is 42.7 Å². The molecule has 3 aromatic rings. The number of sulfonamides is 1. The summed E-state index contributed by atoms with van der Waals surface area (Å²) < 4.78 is 22.5. The lowest BCUT2D eigenvalue weighted by molar-refractivity contribution is -0.121. The molecule has 4 N–H and O–H groups in total. The number of aryl methyl sites for hydroxylation is 1. The van der Waals surface area contributed by atoms with Gasteiger partial charge in [0.1, 0.15) is 0 Å². The van der Waals surface area contributed by atoms with Crippen molar-refractivity contribution in [1.82, 2.24) is 10.3 Å². The second-order valence-electron chi connectivity index (χ2n) is 6.75. The molecule has 31 heavy (non-hydrogen) atoms. The van der Waals surface area contributed by atoms with Crippen LogP contribution in [0.4, 0.5) is 5.13 Å². The summed E-state index contributed by atoms with van der Waals surface area (Å²) in [4.78, 5) is 28.6. The third kappa shape index (κ3) is 6.99. The Bertz CT molecular complexity index is 1140. The Morgan fingerprint density at radius 2 is 1.71 bits per heavy atom. The fourth-order valence-corrected chi connectivity index (χ4v) is 4.02. The lowest BCUT2D eigenvalue weighted by Crippen LogP contribution is -2.25. The maximum absolute atomic E-state index is 12.1. The fraction of sp³-hybridized carbons (Fsp3) is 0.190. The maximum Gasteiger partial charge on any atom is 0.257 e. The molecular formula is C21H22N4O4S2. The van der Waals surface area contributed by atoms with Gasteiger partial charge in [0.25, 0.3) is 5.91 Å². The van der Waals surface area contributed by atoms with Gasteiger partial charge in [0, 0.05) is 23.9 Å². The largest absolute Gasteiger partial charge is 0.356 e. The van der Waals surface area contributed by atoms with Gasteiger partial charge in [0.05, 0.1) is 10.6 Å². The average molecular weight is 459 g/mol. The number of nitrogens with two attached hydrogens (primary N) is 1. The molecule has 2 amide bonds. The van der Waals surface area contributed by atoms with Crippen molar-refractivity contribution in [3.05, 3.63) is 76.8 Å². The van der Waals surface area contributed by atoms with E-state index in [1.165, 1.54) is 23.5 Å². The summed E-state index contributed by atoms with van der Waals surface area (Å²) in [6.45, 7) is 0.434. The van der Waals surface area contributed by atoms with Crippen LogP contribution in [0.2, 0.25) is 0 Å². The van der Waals surface area contributed by atoms with Crippen molar-refractivity contribution >= 4 is 38.3 Å². The summed E-state index contributed by atoms with van der Waals surface area (Å²) in [7, 11) is -3.70. The lowest BCUT2D eigenvalue weighted by atomic mass is 10.1. The Kier molecular flexibility index (Phi) is 7.50. The quantitative estimate of drug-likeness (QED) is 0.453. The number of aromatic nitrogens is 1. The molecule has 1 heterocycles. The number of primary sulfonamides is 1. The first-order valence-electron chi connectivity index (χ1n) is 9.50. The molecule has 0 atom stereocenters. The van der Waals surface area contributed by atoms with Gasteiger partial charge in [0.2, 0.25) is 15.9 Å². The normalized spacial score (nSPS) is 11.1. The highest BCUT2D eigenvalue weighted by Gasteiger charge is 2.10. The highest BCUT2D eigenvalue weighted by atomic mass is 32.2. The summed E-state index contributed by atoms with van der Waals surface area (Å²) in [6.07, 6.45) is 1.32. The van der Waals surface area contributed by atoms with E-state index in [2.05, 4.69) is 15.6 Å². The number of amides is 2. The Morgan fingerprint density at radius 3 is 2.39 bits per heavy atom. The third-order valence-electron chi connectivity index (χ3n) is 4.40. The molecule has 0 unspecified atom stereocenters. The van der Waals surface area contributed by atoms with E-state index >= 15 is 0 Å². The molecule has 0 aliphatic heterocycles. The fourth-order valence-electron chi connectivity index (χ4n) is 2.76. The first-order valence-corrected chi connectivity index (χ1v) is 11.9. The highest BCUT2D eigenvalue weighted by Crippen LogP contribution is 2.17. The van der Waals surface area contributed by atoms with Crippen LogP contribution in [0.5, 0.6) is 0 Å². The Hall–Kier alpha value is -3.08. The van der Waals surface area contributed by atoms with Gasteiger partial charge in [-0.25, -0.2) is 18.5 Å². The number of hydrogen-bond acceptors (Lipinski definition) is 6. The SMILES string of the molecule is NS(=O)(=O)c1ccc(CCNC(=O)CCc2csc(NC(=O)c3ccccc3)n2)cc1. The van der Waals surface area contributed by atoms with Crippen LogP contribution >= 0.6 is 11.3 Å². The Balaban J connectivity index is 1.39. The van der Waals surface area contributed by atoms with Crippen LogP contribution in [0.15, 0.2) is 64.9 Å². The van der Waals surface area contributed by atoms with Gasteiger partial charge in [-0.15, -0.1) is 11.3 Å². The average Bonchev–Trinajstić information content (AvgIpc) is 3.20.